The average molecular weight is 360 g/mol. The Morgan fingerprint density at radius 1 is 1.22 bits per heavy atom. The van der Waals surface area contributed by atoms with Crippen molar-refractivity contribution in [3.63, 3.8) is 0 Å². The van der Waals surface area contributed by atoms with Gasteiger partial charge in [0.05, 0.1) is 0 Å². The van der Waals surface area contributed by atoms with Crippen LogP contribution in [0.15, 0.2) is 34.2 Å². The van der Waals surface area contributed by atoms with Gasteiger partial charge < -0.3 is 10.6 Å². The Morgan fingerprint density at radius 2 is 1.78 bits per heavy atom. The summed E-state index contributed by atoms with van der Waals surface area (Å²) in [5, 5.41) is 0. The lowest BCUT2D eigenvalue weighted by atomic mass is 10.0. The van der Waals surface area contributed by atoms with Crippen LogP contribution in [0.2, 0.25) is 0 Å². The van der Waals surface area contributed by atoms with Gasteiger partial charge in [0.25, 0.3) is 10.0 Å². The number of sulfonamides is 1. The summed E-state index contributed by atoms with van der Waals surface area (Å²) >= 11 is 0. The number of nitrogens with zero attached hydrogens (tertiary/aromatic N) is 2. The minimum Gasteiger partial charge on any atom is -0.356 e. The van der Waals surface area contributed by atoms with Gasteiger partial charge in [-0.1, -0.05) is 12.1 Å². The third kappa shape index (κ3) is 3.41. The number of nitrogens with two attached hydrogens (primary N) is 1. The van der Waals surface area contributed by atoms with Crippen molar-refractivity contribution in [3.05, 3.63) is 41.2 Å². The van der Waals surface area contributed by atoms with E-state index in [1.54, 1.807) is 6.92 Å². The number of likely N-dealkylation sites (tertiary alicyclic amines) is 1. The molecule has 2 aliphatic heterocycles. The molecule has 2 aliphatic rings. The van der Waals surface area contributed by atoms with Gasteiger partial charge in [-0.2, -0.15) is 8.42 Å². The van der Waals surface area contributed by atoms with E-state index in [-0.39, 0.29) is 23.4 Å². The zero-order chi connectivity index (χ0) is 15.9. The fourth-order valence-electron chi connectivity index (χ4n) is 2.90. The molecule has 2 N–H and O–H groups in total. The zero-order valence-electron chi connectivity index (χ0n) is 12.7. The van der Waals surface area contributed by atoms with Crippen molar-refractivity contribution in [2.45, 2.75) is 25.8 Å². The van der Waals surface area contributed by atoms with Crippen molar-refractivity contribution in [2.24, 2.45) is 10.1 Å². The van der Waals surface area contributed by atoms with Gasteiger partial charge in [0.1, 0.15) is 16.6 Å². The molecule has 1 aromatic carbocycles. The van der Waals surface area contributed by atoms with Gasteiger partial charge in [0, 0.05) is 24.7 Å². The van der Waals surface area contributed by atoms with Crippen LogP contribution in [0.5, 0.6) is 0 Å². The Bertz CT molecular complexity index is 751. The lowest BCUT2D eigenvalue weighted by Crippen LogP contribution is -2.42. The van der Waals surface area contributed by atoms with Crippen molar-refractivity contribution in [1.29, 1.82) is 0 Å². The molecule has 1 aromatic rings. The molecule has 126 valence electrons. The quantitative estimate of drug-likeness (QED) is 0.833. The summed E-state index contributed by atoms with van der Waals surface area (Å²) in [6, 6.07) is 5.61. The molecule has 1 saturated heterocycles. The molecule has 0 unspecified atom stereocenters. The average Bonchev–Trinajstić information content (AvgIpc) is 2.71. The largest absolute Gasteiger partial charge is 0.356 e. The predicted octanol–water partition coefficient (Wildman–Crippen LogP) is 2.14. The normalized spacial score (nSPS) is 21.2. The summed E-state index contributed by atoms with van der Waals surface area (Å²) in [7, 11) is -3.74. The van der Waals surface area contributed by atoms with Gasteiger partial charge >= 0.3 is 0 Å². The highest BCUT2D eigenvalue weighted by molar-refractivity contribution is 8.00. The van der Waals surface area contributed by atoms with Crippen LogP contribution in [0.1, 0.15) is 25.3 Å². The molecule has 8 heteroatoms. The highest BCUT2D eigenvalue weighted by Gasteiger charge is 2.34. The van der Waals surface area contributed by atoms with Gasteiger partial charge in [-0.25, -0.2) is 4.39 Å². The van der Waals surface area contributed by atoms with Gasteiger partial charge in [-0.15, -0.1) is 16.8 Å². The number of piperidine rings is 1. The third-order valence-electron chi connectivity index (χ3n) is 4.09. The van der Waals surface area contributed by atoms with E-state index in [1.165, 1.54) is 24.3 Å². The van der Waals surface area contributed by atoms with Crippen molar-refractivity contribution in [3.8, 4) is 0 Å². The van der Waals surface area contributed by atoms with Crippen LogP contribution < -0.4 is 5.73 Å². The number of halogens is 2. The molecule has 1 fully saturated rings. The van der Waals surface area contributed by atoms with E-state index in [0.29, 0.717) is 30.1 Å². The minimum absolute atomic E-state index is 0. The number of hydrogen-bond acceptors (Lipinski definition) is 4. The maximum absolute atomic E-state index is 13.1. The summed E-state index contributed by atoms with van der Waals surface area (Å²) < 4.78 is 41.8. The number of rotatable bonds is 1. The first-order valence-corrected chi connectivity index (χ1v) is 8.65. The summed E-state index contributed by atoms with van der Waals surface area (Å²) in [4.78, 5) is 2.13. The van der Waals surface area contributed by atoms with Gasteiger partial charge in [-0.05, 0) is 37.5 Å². The molecule has 0 bridgehead atoms. The van der Waals surface area contributed by atoms with Crippen LogP contribution in [-0.4, -0.2) is 38.3 Å². The summed E-state index contributed by atoms with van der Waals surface area (Å²) in [5.74, 6) is 0.0924. The second kappa shape index (κ2) is 6.59. The Hall–Kier alpha value is -1.44. The minimum atomic E-state index is -3.74. The molecule has 0 atom stereocenters. The Balaban J connectivity index is 0.00000192. The Labute approximate surface area is 141 Å². The van der Waals surface area contributed by atoms with E-state index in [4.69, 9.17) is 5.73 Å². The molecule has 0 spiro atoms. The van der Waals surface area contributed by atoms with Crippen molar-refractivity contribution < 1.29 is 12.8 Å². The molecule has 0 amide bonds. The summed E-state index contributed by atoms with van der Waals surface area (Å²) in [6.45, 7) is 3.14. The Kier molecular flexibility index (Phi) is 5.13. The van der Waals surface area contributed by atoms with Crippen molar-refractivity contribution in [2.75, 3.05) is 13.1 Å². The van der Waals surface area contributed by atoms with E-state index in [2.05, 4.69) is 4.40 Å². The fourth-order valence-corrected chi connectivity index (χ4v) is 4.38. The second-order valence-electron chi connectivity index (χ2n) is 5.68. The molecule has 2 heterocycles. The second-order valence-corrected chi connectivity index (χ2v) is 7.22. The molecule has 23 heavy (non-hydrogen) atoms. The van der Waals surface area contributed by atoms with E-state index < -0.39 is 15.8 Å². The molecule has 3 rings (SSSR count). The van der Waals surface area contributed by atoms with Crippen LogP contribution in [0, 0.1) is 5.82 Å². The molecule has 0 aliphatic carbocycles. The lowest BCUT2D eigenvalue weighted by molar-refractivity contribution is 0.314. The van der Waals surface area contributed by atoms with Crippen LogP contribution in [-0.2, 0) is 10.0 Å². The third-order valence-corrected chi connectivity index (χ3v) is 5.56. The molecular weight excluding hydrogens is 341 g/mol. The first-order chi connectivity index (χ1) is 10.4. The first kappa shape index (κ1) is 17.9. The molecule has 0 aromatic heterocycles. The molecule has 0 radical (unpaired) electrons. The SMILES string of the molecule is CC1=C(c2ccc(F)cc2)S(=O)(=O)N=C1N1CCC(N)CC1.Cl. The maximum Gasteiger partial charge on any atom is 0.285 e. The van der Waals surface area contributed by atoms with E-state index in [1.807, 2.05) is 4.90 Å². The standard InChI is InChI=1S/C15H18FN3O2S.ClH/c1-10-14(11-2-4-12(16)5-3-11)22(20,21)18-15(10)19-8-6-13(17)7-9-19;/h2-5,13H,6-9,17H2,1H3;1H. The highest BCUT2D eigenvalue weighted by Crippen LogP contribution is 2.34. The number of hydrogen-bond donors (Lipinski definition) is 1. The summed E-state index contributed by atoms with van der Waals surface area (Å²) in [5.41, 5.74) is 6.96. The van der Waals surface area contributed by atoms with Crippen LogP contribution in [0.3, 0.4) is 0 Å². The van der Waals surface area contributed by atoms with E-state index in [9.17, 15) is 12.8 Å². The van der Waals surface area contributed by atoms with Crippen LogP contribution >= 0.6 is 12.4 Å². The zero-order valence-corrected chi connectivity index (χ0v) is 14.3. The van der Waals surface area contributed by atoms with Gasteiger partial charge in [-0.3, -0.25) is 0 Å². The first-order valence-electron chi connectivity index (χ1n) is 7.21. The van der Waals surface area contributed by atoms with Crippen molar-refractivity contribution in [1.82, 2.24) is 4.90 Å². The Morgan fingerprint density at radius 3 is 2.35 bits per heavy atom. The topological polar surface area (TPSA) is 75.8 Å². The van der Waals surface area contributed by atoms with Gasteiger partial charge in [0.15, 0.2) is 0 Å². The summed E-state index contributed by atoms with van der Waals surface area (Å²) in [6.07, 6.45) is 1.64. The lowest BCUT2D eigenvalue weighted by Gasteiger charge is -2.31. The molecule has 5 nitrogen and oxygen atoms in total. The maximum atomic E-state index is 13.1. The van der Waals surface area contributed by atoms with Crippen molar-refractivity contribution >= 4 is 33.2 Å². The predicted molar refractivity (Wildman–Crippen MR) is 91.4 cm³/mol. The van der Waals surface area contributed by atoms with E-state index >= 15 is 0 Å². The molecule has 0 saturated carbocycles. The monoisotopic (exact) mass is 359 g/mol. The van der Waals surface area contributed by atoms with Crippen LogP contribution in [0.4, 0.5) is 4.39 Å². The smallest absolute Gasteiger partial charge is 0.285 e. The number of benzene rings is 1. The highest BCUT2D eigenvalue weighted by atomic mass is 35.5. The van der Waals surface area contributed by atoms with E-state index in [0.717, 1.165) is 12.8 Å². The van der Waals surface area contributed by atoms with Crippen LogP contribution in [0.25, 0.3) is 4.91 Å². The molecular formula is C15H19ClFN3O2S. The fraction of sp³-hybridized carbons (Fsp3) is 0.400. The van der Waals surface area contributed by atoms with Gasteiger partial charge in [0.2, 0.25) is 0 Å². The number of amidine groups is 1.